The smallest absolute Gasteiger partial charge is 0.185 e. The Balaban J connectivity index is 1.97. The third-order valence-corrected chi connectivity index (χ3v) is 2.95. The molecular weight excluding hydrogens is 218 g/mol. The summed E-state index contributed by atoms with van der Waals surface area (Å²) in [6.45, 7) is 3.38. The standard InChI is InChI=1S/C12H19N3O2/c1-3-15-12(11(17-2)8-14-15)10(16)6-7-13-9-4-5-9/h8-9,13H,3-7H2,1-2H3. The fourth-order valence-electron chi connectivity index (χ4n) is 1.83. The zero-order chi connectivity index (χ0) is 12.3. The molecule has 1 heterocycles. The van der Waals surface area contributed by atoms with Gasteiger partial charge < -0.3 is 10.1 Å². The summed E-state index contributed by atoms with van der Waals surface area (Å²) in [5.41, 5.74) is 0.590. The number of ketones is 1. The Morgan fingerprint density at radius 2 is 2.41 bits per heavy atom. The SMILES string of the molecule is CCn1ncc(OC)c1C(=O)CCNC1CC1. The van der Waals surface area contributed by atoms with Crippen molar-refractivity contribution in [3.05, 3.63) is 11.9 Å². The molecule has 0 amide bonds. The second-order valence-corrected chi connectivity index (χ2v) is 4.28. The zero-order valence-corrected chi connectivity index (χ0v) is 10.4. The summed E-state index contributed by atoms with van der Waals surface area (Å²) >= 11 is 0. The average molecular weight is 237 g/mol. The summed E-state index contributed by atoms with van der Waals surface area (Å²) < 4.78 is 6.86. The Morgan fingerprint density at radius 3 is 3.00 bits per heavy atom. The van der Waals surface area contributed by atoms with Gasteiger partial charge in [-0.25, -0.2) is 0 Å². The fraction of sp³-hybridized carbons (Fsp3) is 0.667. The molecule has 5 nitrogen and oxygen atoms in total. The largest absolute Gasteiger partial charge is 0.493 e. The minimum absolute atomic E-state index is 0.0920. The molecule has 0 aromatic carbocycles. The number of aromatic nitrogens is 2. The van der Waals surface area contributed by atoms with Gasteiger partial charge in [0.2, 0.25) is 0 Å². The number of ether oxygens (including phenoxy) is 1. The van der Waals surface area contributed by atoms with E-state index in [1.807, 2.05) is 6.92 Å². The number of carbonyl (C=O) groups excluding carboxylic acids is 1. The second-order valence-electron chi connectivity index (χ2n) is 4.28. The molecule has 1 aliphatic rings. The van der Waals surface area contributed by atoms with E-state index in [4.69, 9.17) is 4.74 Å². The van der Waals surface area contributed by atoms with Crippen molar-refractivity contribution in [3.8, 4) is 5.75 Å². The number of aryl methyl sites for hydroxylation is 1. The van der Waals surface area contributed by atoms with Crippen LogP contribution in [0, 0.1) is 0 Å². The number of hydrogen-bond donors (Lipinski definition) is 1. The minimum Gasteiger partial charge on any atom is -0.493 e. The van der Waals surface area contributed by atoms with Gasteiger partial charge in [-0.1, -0.05) is 0 Å². The van der Waals surface area contributed by atoms with Gasteiger partial charge in [-0.2, -0.15) is 5.10 Å². The summed E-state index contributed by atoms with van der Waals surface area (Å²) in [6, 6.07) is 0.640. The van der Waals surface area contributed by atoms with Gasteiger partial charge in [0.25, 0.3) is 0 Å². The molecule has 1 fully saturated rings. The van der Waals surface area contributed by atoms with Crippen molar-refractivity contribution in [1.82, 2.24) is 15.1 Å². The highest BCUT2D eigenvalue weighted by Crippen LogP contribution is 2.20. The Kier molecular flexibility index (Phi) is 3.78. The van der Waals surface area contributed by atoms with Gasteiger partial charge in [0.1, 0.15) is 5.69 Å². The molecule has 0 aliphatic heterocycles. The van der Waals surface area contributed by atoms with Gasteiger partial charge in [0.05, 0.1) is 13.3 Å². The van der Waals surface area contributed by atoms with E-state index < -0.39 is 0 Å². The average Bonchev–Trinajstić information content (AvgIpc) is 3.06. The highest BCUT2D eigenvalue weighted by atomic mass is 16.5. The molecule has 1 aliphatic carbocycles. The van der Waals surface area contributed by atoms with Gasteiger partial charge in [-0.3, -0.25) is 9.48 Å². The van der Waals surface area contributed by atoms with E-state index in [1.54, 1.807) is 18.0 Å². The van der Waals surface area contributed by atoms with Gasteiger partial charge in [-0.05, 0) is 19.8 Å². The van der Waals surface area contributed by atoms with Crippen molar-refractivity contribution in [2.75, 3.05) is 13.7 Å². The quantitative estimate of drug-likeness (QED) is 0.725. The molecule has 0 bridgehead atoms. The Bertz CT molecular complexity index is 375. The predicted molar refractivity (Wildman–Crippen MR) is 64.4 cm³/mol. The number of nitrogens with zero attached hydrogens (tertiary/aromatic N) is 2. The lowest BCUT2D eigenvalue weighted by Crippen LogP contribution is -2.21. The van der Waals surface area contributed by atoms with Crippen LogP contribution in [0.5, 0.6) is 5.75 Å². The van der Waals surface area contributed by atoms with Crippen molar-refractivity contribution < 1.29 is 9.53 Å². The van der Waals surface area contributed by atoms with E-state index in [0.29, 0.717) is 30.5 Å². The molecule has 0 radical (unpaired) electrons. The van der Waals surface area contributed by atoms with Crippen LogP contribution in [0.2, 0.25) is 0 Å². The number of nitrogens with one attached hydrogen (secondary N) is 1. The molecule has 1 N–H and O–H groups in total. The lowest BCUT2D eigenvalue weighted by Gasteiger charge is -2.06. The molecule has 5 heteroatoms. The van der Waals surface area contributed by atoms with Crippen molar-refractivity contribution in [3.63, 3.8) is 0 Å². The van der Waals surface area contributed by atoms with E-state index in [-0.39, 0.29) is 5.78 Å². The van der Waals surface area contributed by atoms with E-state index in [9.17, 15) is 4.79 Å². The first-order valence-electron chi connectivity index (χ1n) is 6.12. The summed E-state index contributed by atoms with van der Waals surface area (Å²) in [7, 11) is 1.57. The molecular formula is C12H19N3O2. The lowest BCUT2D eigenvalue weighted by atomic mass is 10.2. The third-order valence-electron chi connectivity index (χ3n) is 2.95. The predicted octanol–water partition coefficient (Wildman–Crippen LogP) is 1.24. The van der Waals surface area contributed by atoms with Crippen LogP contribution in [0.1, 0.15) is 36.7 Å². The molecule has 1 aromatic heterocycles. The molecule has 0 spiro atoms. The Morgan fingerprint density at radius 1 is 1.65 bits per heavy atom. The van der Waals surface area contributed by atoms with Gasteiger partial charge in [0.15, 0.2) is 11.5 Å². The highest BCUT2D eigenvalue weighted by molar-refractivity contribution is 5.97. The molecule has 0 saturated heterocycles. The number of hydrogen-bond acceptors (Lipinski definition) is 4. The Labute approximate surface area is 101 Å². The molecule has 17 heavy (non-hydrogen) atoms. The summed E-state index contributed by atoms with van der Waals surface area (Å²) in [5, 5.41) is 7.47. The number of rotatable bonds is 7. The number of methoxy groups -OCH3 is 1. The molecule has 0 atom stereocenters. The zero-order valence-electron chi connectivity index (χ0n) is 10.4. The maximum atomic E-state index is 12.1. The van der Waals surface area contributed by atoms with Gasteiger partial charge in [0, 0.05) is 25.6 Å². The van der Waals surface area contributed by atoms with Crippen LogP contribution in [0.25, 0.3) is 0 Å². The second kappa shape index (κ2) is 5.31. The van der Waals surface area contributed by atoms with Crippen molar-refractivity contribution in [2.24, 2.45) is 0 Å². The topological polar surface area (TPSA) is 56.2 Å². The molecule has 94 valence electrons. The van der Waals surface area contributed by atoms with Gasteiger partial charge in [-0.15, -0.1) is 0 Å². The van der Waals surface area contributed by atoms with Crippen LogP contribution in [0.4, 0.5) is 0 Å². The maximum absolute atomic E-state index is 12.1. The number of carbonyl (C=O) groups is 1. The number of Topliss-reactive ketones (excluding diaryl/α,β-unsaturated/α-hetero) is 1. The minimum atomic E-state index is 0.0920. The van der Waals surface area contributed by atoms with Crippen molar-refractivity contribution in [2.45, 2.75) is 38.8 Å². The molecule has 0 unspecified atom stereocenters. The van der Waals surface area contributed by atoms with Crippen LogP contribution < -0.4 is 10.1 Å². The first-order chi connectivity index (χ1) is 8.26. The maximum Gasteiger partial charge on any atom is 0.185 e. The Hall–Kier alpha value is -1.36. The fourth-order valence-corrected chi connectivity index (χ4v) is 1.83. The molecule has 2 rings (SSSR count). The van der Waals surface area contributed by atoms with Gasteiger partial charge >= 0.3 is 0 Å². The first kappa shape index (κ1) is 12.1. The van der Waals surface area contributed by atoms with E-state index in [1.165, 1.54) is 12.8 Å². The van der Waals surface area contributed by atoms with E-state index >= 15 is 0 Å². The molecule has 1 aromatic rings. The van der Waals surface area contributed by atoms with Crippen molar-refractivity contribution >= 4 is 5.78 Å². The van der Waals surface area contributed by atoms with E-state index in [0.717, 1.165) is 6.54 Å². The summed E-state index contributed by atoms with van der Waals surface area (Å²) in [5.74, 6) is 0.664. The van der Waals surface area contributed by atoms with Crippen LogP contribution in [-0.4, -0.2) is 35.3 Å². The normalized spacial score (nSPS) is 14.9. The van der Waals surface area contributed by atoms with Crippen molar-refractivity contribution in [1.29, 1.82) is 0 Å². The van der Waals surface area contributed by atoms with E-state index in [2.05, 4.69) is 10.4 Å². The summed E-state index contributed by atoms with van der Waals surface area (Å²) in [6.07, 6.45) is 4.58. The third kappa shape index (κ3) is 2.85. The lowest BCUT2D eigenvalue weighted by molar-refractivity contribution is 0.0969. The van der Waals surface area contributed by atoms with Crippen LogP contribution >= 0.6 is 0 Å². The van der Waals surface area contributed by atoms with Crippen LogP contribution in [0.3, 0.4) is 0 Å². The van der Waals surface area contributed by atoms with Crippen LogP contribution in [0.15, 0.2) is 6.20 Å². The first-order valence-corrected chi connectivity index (χ1v) is 6.12. The summed E-state index contributed by atoms with van der Waals surface area (Å²) in [4.78, 5) is 12.1. The highest BCUT2D eigenvalue weighted by Gasteiger charge is 2.22. The molecule has 1 saturated carbocycles. The monoisotopic (exact) mass is 237 g/mol. The van der Waals surface area contributed by atoms with Crippen LogP contribution in [-0.2, 0) is 6.54 Å².